The molecule has 3 heterocycles. The molecule has 2 aromatic rings. The average Bonchev–Trinajstić information content (AvgIpc) is 2.99. The molecule has 0 aliphatic carbocycles. The molecular weight excluding hydrogens is 342 g/mol. The zero-order valence-corrected chi connectivity index (χ0v) is 17.0. The second-order valence-electron chi connectivity index (χ2n) is 8.39. The predicted octanol–water partition coefficient (Wildman–Crippen LogP) is 3.83. The van der Waals surface area contributed by atoms with Crippen LogP contribution in [-0.4, -0.2) is 56.7 Å². The molecule has 1 aliphatic heterocycles. The van der Waals surface area contributed by atoms with Gasteiger partial charge in [0.15, 0.2) is 0 Å². The summed E-state index contributed by atoms with van der Waals surface area (Å²) < 4.78 is 5.57. The number of nitrogens with zero attached hydrogens (tertiary/aromatic N) is 4. The van der Waals surface area contributed by atoms with Crippen molar-refractivity contribution in [2.45, 2.75) is 59.2 Å². The molecule has 0 radical (unpaired) electrons. The lowest BCUT2D eigenvalue weighted by Crippen LogP contribution is -2.59. The molecular formula is C20H29N5O2. The largest absolute Gasteiger partial charge is 0.444 e. The Hall–Kier alpha value is -2.57. The summed E-state index contributed by atoms with van der Waals surface area (Å²) in [5, 5.41) is 0.981. The van der Waals surface area contributed by atoms with Crippen molar-refractivity contribution in [3.8, 4) is 0 Å². The molecule has 1 amide bonds. The number of aromatic nitrogens is 3. The van der Waals surface area contributed by atoms with Crippen molar-refractivity contribution in [1.82, 2.24) is 19.9 Å². The van der Waals surface area contributed by atoms with Gasteiger partial charge in [0.1, 0.15) is 23.4 Å². The van der Waals surface area contributed by atoms with Gasteiger partial charge in [-0.1, -0.05) is 6.58 Å². The number of hydrogen-bond donors (Lipinski definition) is 1. The van der Waals surface area contributed by atoms with Gasteiger partial charge in [0.2, 0.25) is 0 Å². The zero-order chi connectivity index (χ0) is 19.9. The molecule has 7 heteroatoms. The third-order valence-electron chi connectivity index (χ3n) is 4.80. The van der Waals surface area contributed by atoms with E-state index in [1.54, 1.807) is 6.33 Å². The first-order valence-corrected chi connectivity index (χ1v) is 9.32. The van der Waals surface area contributed by atoms with Gasteiger partial charge in [0, 0.05) is 36.9 Å². The topological polar surface area (TPSA) is 74.4 Å². The molecule has 0 aromatic carbocycles. The van der Waals surface area contributed by atoms with E-state index in [1.165, 1.54) is 0 Å². The van der Waals surface area contributed by atoms with E-state index in [9.17, 15) is 4.79 Å². The lowest BCUT2D eigenvalue weighted by molar-refractivity contribution is 0.0130. The number of aromatic amines is 1. The van der Waals surface area contributed by atoms with E-state index in [-0.39, 0.29) is 18.2 Å². The summed E-state index contributed by atoms with van der Waals surface area (Å²) in [4.78, 5) is 28.8. The van der Waals surface area contributed by atoms with E-state index >= 15 is 0 Å². The molecule has 3 rings (SSSR count). The number of nitrogens with one attached hydrogen (secondary N) is 1. The number of piperazine rings is 1. The summed E-state index contributed by atoms with van der Waals surface area (Å²) in [7, 11) is 0. The van der Waals surface area contributed by atoms with Crippen molar-refractivity contribution in [2.24, 2.45) is 0 Å². The highest BCUT2D eigenvalue weighted by Gasteiger charge is 2.36. The first-order valence-electron chi connectivity index (χ1n) is 9.32. The third kappa shape index (κ3) is 3.77. The molecule has 1 N–H and O–H groups in total. The minimum atomic E-state index is -0.502. The van der Waals surface area contributed by atoms with Gasteiger partial charge < -0.3 is 19.5 Å². The second-order valence-corrected chi connectivity index (χ2v) is 8.39. The van der Waals surface area contributed by atoms with Gasteiger partial charge in [0.25, 0.3) is 0 Å². The highest BCUT2D eigenvalue weighted by Crippen LogP contribution is 2.33. The highest BCUT2D eigenvalue weighted by atomic mass is 16.6. The number of hydrogen-bond acceptors (Lipinski definition) is 5. The molecule has 1 saturated heterocycles. The Morgan fingerprint density at radius 2 is 1.96 bits per heavy atom. The molecule has 0 bridgehead atoms. The average molecular weight is 371 g/mol. The van der Waals surface area contributed by atoms with Crippen LogP contribution in [0.1, 0.15) is 47.1 Å². The Balaban J connectivity index is 1.90. The first-order chi connectivity index (χ1) is 12.6. The Labute approximate surface area is 160 Å². The molecule has 7 nitrogen and oxygen atoms in total. The Bertz CT molecular complexity index is 867. The SMILES string of the molecule is C=C(C)c1c[nH]c2ncnc(N3C[C@H](C)N(C(=O)OC(C)(C)C)CC3C)c12. The second kappa shape index (κ2) is 6.87. The van der Waals surface area contributed by atoms with Crippen LogP contribution in [0.25, 0.3) is 16.6 Å². The lowest BCUT2D eigenvalue weighted by Gasteiger charge is -2.44. The van der Waals surface area contributed by atoms with E-state index in [1.807, 2.05) is 45.7 Å². The molecule has 0 spiro atoms. The van der Waals surface area contributed by atoms with Gasteiger partial charge in [0.05, 0.1) is 5.39 Å². The van der Waals surface area contributed by atoms with Crippen LogP contribution in [0.4, 0.5) is 10.6 Å². The number of allylic oxidation sites excluding steroid dienone is 1. The number of fused-ring (bicyclic) bond motifs is 1. The minimum Gasteiger partial charge on any atom is -0.444 e. The summed E-state index contributed by atoms with van der Waals surface area (Å²) in [6.45, 7) is 17.1. The number of rotatable bonds is 2. The molecule has 2 atom stereocenters. The van der Waals surface area contributed by atoms with Crippen LogP contribution in [0.5, 0.6) is 0 Å². The summed E-state index contributed by atoms with van der Waals surface area (Å²) in [5.41, 5.74) is 2.28. The number of carbonyl (C=O) groups is 1. The van der Waals surface area contributed by atoms with Crippen molar-refractivity contribution >= 4 is 28.5 Å². The maximum atomic E-state index is 12.6. The predicted molar refractivity (Wildman–Crippen MR) is 108 cm³/mol. The van der Waals surface area contributed by atoms with Crippen molar-refractivity contribution in [3.05, 3.63) is 24.7 Å². The maximum Gasteiger partial charge on any atom is 0.410 e. The smallest absolute Gasteiger partial charge is 0.410 e. The molecule has 27 heavy (non-hydrogen) atoms. The summed E-state index contributed by atoms with van der Waals surface area (Å²) in [6.07, 6.45) is 3.24. The Morgan fingerprint density at radius 1 is 1.26 bits per heavy atom. The first kappa shape index (κ1) is 19.2. The van der Waals surface area contributed by atoms with E-state index in [4.69, 9.17) is 4.74 Å². The maximum absolute atomic E-state index is 12.6. The number of anilines is 1. The van der Waals surface area contributed by atoms with Crippen molar-refractivity contribution in [1.29, 1.82) is 0 Å². The number of H-pyrrole nitrogens is 1. The lowest BCUT2D eigenvalue weighted by atomic mass is 10.1. The van der Waals surface area contributed by atoms with Crippen molar-refractivity contribution in [3.63, 3.8) is 0 Å². The quantitative estimate of drug-likeness (QED) is 0.868. The monoisotopic (exact) mass is 371 g/mol. The molecule has 1 fully saturated rings. The third-order valence-corrected chi connectivity index (χ3v) is 4.80. The number of carbonyl (C=O) groups excluding carboxylic acids is 1. The van der Waals surface area contributed by atoms with Gasteiger partial charge >= 0.3 is 6.09 Å². The molecule has 146 valence electrons. The molecule has 0 saturated carbocycles. The zero-order valence-electron chi connectivity index (χ0n) is 17.0. The van der Waals surface area contributed by atoms with E-state index in [0.717, 1.165) is 28.0 Å². The van der Waals surface area contributed by atoms with Gasteiger partial charge in [-0.3, -0.25) is 0 Å². The van der Waals surface area contributed by atoms with Crippen LogP contribution in [0.3, 0.4) is 0 Å². The molecule has 2 aromatic heterocycles. The van der Waals surface area contributed by atoms with Gasteiger partial charge in [-0.25, -0.2) is 14.8 Å². The van der Waals surface area contributed by atoms with E-state index in [2.05, 4.69) is 33.4 Å². The normalized spacial score (nSPS) is 20.8. The van der Waals surface area contributed by atoms with Crippen LogP contribution in [-0.2, 0) is 4.74 Å². The number of ether oxygens (including phenoxy) is 1. The van der Waals surface area contributed by atoms with Crippen LogP contribution >= 0.6 is 0 Å². The Morgan fingerprint density at radius 3 is 2.59 bits per heavy atom. The fraction of sp³-hybridized carbons (Fsp3) is 0.550. The van der Waals surface area contributed by atoms with E-state index < -0.39 is 5.60 Å². The Kier molecular flexibility index (Phi) is 4.88. The minimum absolute atomic E-state index is 0.00767. The standard InChI is InChI=1S/C20H29N5O2/c1-12(2)15-8-21-17-16(15)18(23-11-22-17)24-9-14(4)25(10-13(24)3)19(26)27-20(5,6)7/h8,11,13-14H,1,9-10H2,2-7H3,(H,21,22,23)/t13?,14-/m0/s1. The summed E-state index contributed by atoms with van der Waals surface area (Å²) in [6, 6.07) is 0.105. The molecule has 1 unspecified atom stereocenters. The van der Waals surface area contributed by atoms with Crippen LogP contribution < -0.4 is 4.90 Å². The summed E-state index contributed by atoms with van der Waals surface area (Å²) >= 11 is 0. The van der Waals surface area contributed by atoms with Gasteiger partial charge in [-0.2, -0.15) is 0 Å². The molecule has 1 aliphatic rings. The van der Waals surface area contributed by atoms with Gasteiger partial charge in [-0.05, 0) is 47.1 Å². The van der Waals surface area contributed by atoms with Crippen molar-refractivity contribution in [2.75, 3.05) is 18.0 Å². The fourth-order valence-electron chi connectivity index (χ4n) is 3.50. The van der Waals surface area contributed by atoms with Crippen LogP contribution in [0.2, 0.25) is 0 Å². The van der Waals surface area contributed by atoms with Crippen molar-refractivity contribution < 1.29 is 9.53 Å². The van der Waals surface area contributed by atoms with Gasteiger partial charge in [-0.15, -0.1) is 0 Å². The number of amides is 1. The fourth-order valence-corrected chi connectivity index (χ4v) is 3.50. The van der Waals surface area contributed by atoms with Crippen LogP contribution in [0.15, 0.2) is 19.1 Å². The summed E-state index contributed by atoms with van der Waals surface area (Å²) in [5.74, 6) is 0.877. The van der Waals surface area contributed by atoms with Crippen LogP contribution in [0, 0.1) is 0 Å². The van der Waals surface area contributed by atoms with E-state index in [0.29, 0.717) is 13.1 Å². The highest BCUT2D eigenvalue weighted by molar-refractivity contribution is 5.97.